The number of nitrogens with zero attached hydrogens (tertiary/aromatic N) is 2. The number of H-pyrrole nitrogens is 1. The van der Waals surface area contributed by atoms with Gasteiger partial charge in [-0.05, 0) is 0 Å². The van der Waals surface area contributed by atoms with Crippen molar-refractivity contribution in [2.75, 3.05) is 12.3 Å². The third-order valence-corrected chi connectivity index (χ3v) is 1.78. The molecule has 0 aliphatic heterocycles. The summed E-state index contributed by atoms with van der Waals surface area (Å²) in [5, 5.41) is 15.1. The number of aromatic nitrogens is 2. The molecular weight excluding hydrogens is 154 g/mol. The molecule has 0 amide bonds. The minimum Gasteiger partial charge on any atom is -0.381 e. The number of nitrogens with one attached hydrogen (secondary N) is 1. The molecule has 0 fully saturated rings. The minimum absolute atomic E-state index is 0.0875. The maximum atomic E-state index is 8.70. The van der Waals surface area contributed by atoms with E-state index < -0.39 is 0 Å². The summed E-state index contributed by atoms with van der Waals surface area (Å²) >= 11 is 0. The summed E-state index contributed by atoms with van der Waals surface area (Å²) in [6.45, 7) is 2.38. The molecule has 0 aromatic carbocycles. The summed E-state index contributed by atoms with van der Waals surface area (Å²) in [5.41, 5.74) is 12.0. The Balaban J connectivity index is 3.09. The van der Waals surface area contributed by atoms with Gasteiger partial charge in [0.25, 0.3) is 0 Å². The molecule has 5 nitrogen and oxygen atoms in total. The molecule has 1 aromatic rings. The van der Waals surface area contributed by atoms with Crippen LogP contribution in [0.5, 0.6) is 0 Å². The second-order valence-electron chi connectivity index (χ2n) is 2.65. The smallest absolute Gasteiger partial charge is 0.163 e. The van der Waals surface area contributed by atoms with Crippen molar-refractivity contribution in [3.8, 4) is 6.07 Å². The fourth-order valence-corrected chi connectivity index (χ4v) is 0.962. The van der Waals surface area contributed by atoms with Crippen LogP contribution in [0.4, 0.5) is 5.82 Å². The zero-order chi connectivity index (χ0) is 9.14. The van der Waals surface area contributed by atoms with Crippen LogP contribution in [-0.2, 0) is 0 Å². The third-order valence-electron chi connectivity index (χ3n) is 1.78. The Bertz CT molecular complexity index is 308. The van der Waals surface area contributed by atoms with Crippen molar-refractivity contribution in [2.24, 2.45) is 5.73 Å². The number of nitriles is 1. The fourth-order valence-electron chi connectivity index (χ4n) is 0.962. The first-order valence-corrected chi connectivity index (χ1v) is 3.64. The lowest BCUT2D eigenvalue weighted by Crippen LogP contribution is -2.10. The van der Waals surface area contributed by atoms with E-state index in [1.807, 2.05) is 13.0 Å². The molecule has 0 spiro atoms. The van der Waals surface area contributed by atoms with E-state index >= 15 is 0 Å². The molecule has 0 saturated carbocycles. The van der Waals surface area contributed by atoms with E-state index in [0.29, 0.717) is 12.1 Å². The van der Waals surface area contributed by atoms with Crippen LogP contribution < -0.4 is 11.5 Å². The quantitative estimate of drug-likeness (QED) is 0.570. The molecule has 1 atom stereocenters. The second-order valence-corrected chi connectivity index (χ2v) is 2.65. The Morgan fingerprint density at radius 2 is 2.42 bits per heavy atom. The van der Waals surface area contributed by atoms with Crippen LogP contribution in [-0.4, -0.2) is 16.7 Å². The van der Waals surface area contributed by atoms with Crippen LogP contribution in [0.2, 0.25) is 0 Å². The van der Waals surface area contributed by atoms with Gasteiger partial charge in [0, 0.05) is 12.5 Å². The molecule has 0 radical (unpaired) electrons. The first-order valence-electron chi connectivity index (χ1n) is 3.64. The van der Waals surface area contributed by atoms with Crippen LogP contribution in [0.15, 0.2) is 0 Å². The van der Waals surface area contributed by atoms with E-state index in [-0.39, 0.29) is 11.7 Å². The highest BCUT2D eigenvalue weighted by Gasteiger charge is 2.14. The van der Waals surface area contributed by atoms with Gasteiger partial charge in [0.05, 0.1) is 5.69 Å². The normalized spacial score (nSPS) is 12.4. The molecule has 5 heteroatoms. The van der Waals surface area contributed by atoms with Gasteiger partial charge in [-0.15, -0.1) is 0 Å². The Hall–Kier alpha value is -1.54. The summed E-state index contributed by atoms with van der Waals surface area (Å²) in [4.78, 5) is 0. The molecule has 64 valence electrons. The molecule has 1 aromatic heterocycles. The predicted molar refractivity (Wildman–Crippen MR) is 45.2 cm³/mol. The molecule has 1 rings (SSSR count). The van der Waals surface area contributed by atoms with Gasteiger partial charge >= 0.3 is 0 Å². The predicted octanol–water partition coefficient (Wildman–Crippen LogP) is -0.0742. The summed E-state index contributed by atoms with van der Waals surface area (Å²) < 4.78 is 0. The van der Waals surface area contributed by atoms with Crippen molar-refractivity contribution in [1.82, 2.24) is 10.2 Å². The van der Waals surface area contributed by atoms with E-state index in [9.17, 15) is 0 Å². The molecule has 1 heterocycles. The van der Waals surface area contributed by atoms with Crippen molar-refractivity contribution in [1.29, 1.82) is 5.26 Å². The molecule has 5 N–H and O–H groups in total. The van der Waals surface area contributed by atoms with Crippen LogP contribution >= 0.6 is 0 Å². The monoisotopic (exact) mass is 165 g/mol. The van der Waals surface area contributed by atoms with E-state index in [0.717, 1.165) is 5.69 Å². The zero-order valence-electron chi connectivity index (χ0n) is 6.83. The third kappa shape index (κ3) is 1.24. The molecule has 0 bridgehead atoms. The summed E-state index contributed by atoms with van der Waals surface area (Å²) in [6.07, 6.45) is 0. The van der Waals surface area contributed by atoms with E-state index in [2.05, 4.69) is 10.2 Å². The van der Waals surface area contributed by atoms with Crippen LogP contribution in [0.25, 0.3) is 0 Å². The Labute approximate surface area is 70.4 Å². The Morgan fingerprint density at radius 1 is 1.75 bits per heavy atom. The van der Waals surface area contributed by atoms with Gasteiger partial charge in [-0.2, -0.15) is 10.4 Å². The lowest BCUT2D eigenvalue weighted by Gasteiger charge is -2.04. The number of hydrogen-bond donors (Lipinski definition) is 3. The zero-order valence-corrected chi connectivity index (χ0v) is 6.83. The van der Waals surface area contributed by atoms with Crippen molar-refractivity contribution in [2.45, 2.75) is 12.8 Å². The topological polar surface area (TPSA) is 105 Å². The number of nitrogens with two attached hydrogens (primary N) is 2. The lowest BCUT2D eigenvalue weighted by atomic mass is 10.0. The Kier molecular flexibility index (Phi) is 2.31. The van der Waals surface area contributed by atoms with Crippen molar-refractivity contribution >= 4 is 5.82 Å². The van der Waals surface area contributed by atoms with Gasteiger partial charge in [-0.3, -0.25) is 5.10 Å². The van der Waals surface area contributed by atoms with Crippen LogP contribution in [0, 0.1) is 11.3 Å². The van der Waals surface area contributed by atoms with Gasteiger partial charge in [0.1, 0.15) is 11.6 Å². The molecule has 0 saturated heterocycles. The average Bonchev–Trinajstić information content (AvgIpc) is 2.45. The van der Waals surface area contributed by atoms with Gasteiger partial charge in [-0.1, -0.05) is 6.92 Å². The maximum absolute atomic E-state index is 8.70. The van der Waals surface area contributed by atoms with Crippen LogP contribution in [0.1, 0.15) is 24.1 Å². The largest absolute Gasteiger partial charge is 0.381 e. The lowest BCUT2D eigenvalue weighted by molar-refractivity contribution is 0.737. The second kappa shape index (κ2) is 3.24. The SMILES string of the molecule is CC(CN)c1[nH]nc(N)c1C#N. The van der Waals surface area contributed by atoms with E-state index in [4.69, 9.17) is 16.7 Å². The molecule has 12 heavy (non-hydrogen) atoms. The summed E-state index contributed by atoms with van der Waals surface area (Å²) in [6, 6.07) is 1.98. The first kappa shape index (κ1) is 8.56. The van der Waals surface area contributed by atoms with Crippen molar-refractivity contribution in [3.63, 3.8) is 0 Å². The highest BCUT2D eigenvalue weighted by molar-refractivity contribution is 5.51. The van der Waals surface area contributed by atoms with Gasteiger partial charge < -0.3 is 11.5 Å². The van der Waals surface area contributed by atoms with Gasteiger partial charge in [-0.25, -0.2) is 0 Å². The van der Waals surface area contributed by atoms with Gasteiger partial charge in [0.15, 0.2) is 5.82 Å². The van der Waals surface area contributed by atoms with E-state index in [1.165, 1.54) is 0 Å². The molecule has 0 aliphatic rings. The van der Waals surface area contributed by atoms with Crippen molar-refractivity contribution < 1.29 is 0 Å². The maximum Gasteiger partial charge on any atom is 0.163 e. The minimum atomic E-state index is 0.0875. The number of hydrogen-bond acceptors (Lipinski definition) is 4. The first-order chi connectivity index (χ1) is 5.70. The average molecular weight is 165 g/mol. The Morgan fingerprint density at radius 3 is 2.92 bits per heavy atom. The van der Waals surface area contributed by atoms with E-state index in [1.54, 1.807) is 0 Å². The molecule has 1 unspecified atom stereocenters. The number of rotatable bonds is 2. The highest BCUT2D eigenvalue weighted by Crippen LogP contribution is 2.19. The number of anilines is 1. The number of nitrogen functional groups attached to an aromatic ring is 1. The molecular formula is C7H11N5. The van der Waals surface area contributed by atoms with Crippen LogP contribution in [0.3, 0.4) is 0 Å². The van der Waals surface area contributed by atoms with Crippen molar-refractivity contribution in [3.05, 3.63) is 11.3 Å². The fraction of sp³-hybridized carbons (Fsp3) is 0.429. The summed E-state index contributed by atoms with van der Waals surface area (Å²) in [7, 11) is 0. The molecule has 0 aliphatic carbocycles. The summed E-state index contributed by atoms with van der Waals surface area (Å²) in [5.74, 6) is 0.331. The standard InChI is InChI=1S/C7H11N5/c1-4(2-8)6-5(3-9)7(10)12-11-6/h4H,2,8H2,1H3,(H3,10,11,12). The van der Waals surface area contributed by atoms with Gasteiger partial charge in [0.2, 0.25) is 0 Å². The number of aromatic amines is 1. The highest BCUT2D eigenvalue weighted by atomic mass is 15.2.